The number of amides is 1. The molecule has 1 amide bonds. The predicted octanol–water partition coefficient (Wildman–Crippen LogP) is 5.19. The molecule has 0 saturated carbocycles. The molecule has 3 aromatic rings. The summed E-state index contributed by atoms with van der Waals surface area (Å²) in [7, 11) is 1.67. The lowest BCUT2D eigenvalue weighted by Gasteiger charge is -2.22. The van der Waals surface area contributed by atoms with Crippen molar-refractivity contribution in [3.05, 3.63) is 66.2 Å². The van der Waals surface area contributed by atoms with Crippen LogP contribution >= 0.6 is 0 Å². The Morgan fingerprint density at radius 3 is 2.50 bits per heavy atom. The van der Waals surface area contributed by atoms with E-state index >= 15 is 0 Å². The van der Waals surface area contributed by atoms with E-state index in [4.69, 9.17) is 4.74 Å². The number of methoxy groups -OCH3 is 1. The Labute approximate surface area is 166 Å². The van der Waals surface area contributed by atoms with Crippen molar-refractivity contribution >= 4 is 28.1 Å². The van der Waals surface area contributed by atoms with Crippen molar-refractivity contribution in [3.8, 4) is 5.75 Å². The van der Waals surface area contributed by atoms with Crippen molar-refractivity contribution < 1.29 is 9.53 Å². The third-order valence-corrected chi connectivity index (χ3v) is 5.57. The number of nitrogens with one attached hydrogen (secondary N) is 1. The maximum absolute atomic E-state index is 13.0. The Morgan fingerprint density at radius 1 is 1.00 bits per heavy atom. The van der Waals surface area contributed by atoms with Gasteiger partial charge in [0.15, 0.2) is 0 Å². The summed E-state index contributed by atoms with van der Waals surface area (Å²) in [4.78, 5) is 15.3. The average molecular weight is 374 g/mol. The Kier molecular flexibility index (Phi) is 5.20. The second kappa shape index (κ2) is 7.93. The molecule has 28 heavy (non-hydrogen) atoms. The Hall–Kier alpha value is -3.01. The van der Waals surface area contributed by atoms with Gasteiger partial charge in [0.25, 0.3) is 0 Å². The zero-order chi connectivity index (χ0) is 19.5. The van der Waals surface area contributed by atoms with Gasteiger partial charge in [-0.2, -0.15) is 0 Å². The van der Waals surface area contributed by atoms with Gasteiger partial charge in [-0.25, -0.2) is 0 Å². The Balaban J connectivity index is 1.55. The first-order chi connectivity index (χ1) is 13.7. The van der Waals surface area contributed by atoms with Crippen LogP contribution in [0.3, 0.4) is 0 Å². The minimum absolute atomic E-state index is 0.0134. The van der Waals surface area contributed by atoms with Gasteiger partial charge < -0.3 is 15.0 Å². The van der Waals surface area contributed by atoms with E-state index in [2.05, 4.69) is 28.4 Å². The second-order valence-electron chi connectivity index (χ2n) is 7.39. The molecule has 1 heterocycles. The number of fused-ring (bicyclic) bond motifs is 1. The minimum atomic E-state index is -0.238. The highest BCUT2D eigenvalue weighted by Crippen LogP contribution is 2.30. The summed E-state index contributed by atoms with van der Waals surface area (Å²) < 4.78 is 5.29. The number of rotatable bonds is 5. The number of hydrogen-bond donors (Lipinski definition) is 1. The number of benzene rings is 3. The van der Waals surface area contributed by atoms with Crippen molar-refractivity contribution in [2.24, 2.45) is 0 Å². The lowest BCUT2D eigenvalue weighted by atomic mass is 9.97. The van der Waals surface area contributed by atoms with Crippen LogP contribution in [0, 0.1) is 0 Å². The summed E-state index contributed by atoms with van der Waals surface area (Å²) in [5.41, 5.74) is 3.02. The van der Waals surface area contributed by atoms with E-state index in [1.165, 1.54) is 12.8 Å². The molecule has 0 spiro atoms. The molecule has 144 valence electrons. The molecule has 0 unspecified atom stereocenters. The number of para-hydroxylation sites is 2. The smallest absolute Gasteiger partial charge is 0.231 e. The summed E-state index contributed by atoms with van der Waals surface area (Å²) >= 11 is 0. The molecule has 4 nitrogen and oxygen atoms in total. The molecule has 0 radical (unpaired) electrons. The number of nitrogens with zero attached hydrogens (tertiary/aromatic N) is 1. The molecule has 1 saturated heterocycles. The van der Waals surface area contributed by atoms with E-state index in [1.54, 1.807) is 7.11 Å². The highest BCUT2D eigenvalue weighted by Gasteiger charge is 2.20. The first-order valence-corrected chi connectivity index (χ1v) is 9.88. The average Bonchev–Trinajstić information content (AvgIpc) is 3.27. The zero-order valence-corrected chi connectivity index (χ0v) is 16.4. The van der Waals surface area contributed by atoms with Crippen LogP contribution in [-0.4, -0.2) is 26.1 Å². The molecule has 0 bridgehead atoms. The van der Waals surface area contributed by atoms with Gasteiger partial charge in [0.05, 0.1) is 24.4 Å². The van der Waals surface area contributed by atoms with Crippen LogP contribution in [0.2, 0.25) is 0 Å². The molecule has 1 aliphatic heterocycles. The van der Waals surface area contributed by atoms with Gasteiger partial charge in [0, 0.05) is 13.1 Å². The van der Waals surface area contributed by atoms with Crippen LogP contribution in [0.15, 0.2) is 60.7 Å². The van der Waals surface area contributed by atoms with E-state index in [1.807, 2.05) is 49.4 Å². The molecular weight excluding hydrogens is 348 g/mol. The lowest BCUT2D eigenvalue weighted by Crippen LogP contribution is -2.23. The van der Waals surface area contributed by atoms with Crippen LogP contribution < -0.4 is 15.0 Å². The van der Waals surface area contributed by atoms with Crippen molar-refractivity contribution in [3.63, 3.8) is 0 Å². The molecule has 1 atom stereocenters. The van der Waals surface area contributed by atoms with Gasteiger partial charge in [-0.15, -0.1) is 0 Å². The maximum atomic E-state index is 13.0. The predicted molar refractivity (Wildman–Crippen MR) is 115 cm³/mol. The highest BCUT2D eigenvalue weighted by molar-refractivity contribution is 5.99. The number of anilines is 2. The van der Waals surface area contributed by atoms with Gasteiger partial charge in [-0.1, -0.05) is 36.4 Å². The summed E-state index contributed by atoms with van der Waals surface area (Å²) in [6.45, 7) is 4.06. The zero-order valence-electron chi connectivity index (χ0n) is 16.4. The largest absolute Gasteiger partial charge is 0.497 e. The van der Waals surface area contributed by atoms with Crippen LogP contribution in [0.5, 0.6) is 5.75 Å². The monoisotopic (exact) mass is 374 g/mol. The Bertz CT molecular complexity index is 993. The van der Waals surface area contributed by atoms with Crippen LogP contribution in [0.4, 0.5) is 11.4 Å². The van der Waals surface area contributed by atoms with Crippen molar-refractivity contribution in [1.29, 1.82) is 0 Å². The lowest BCUT2D eigenvalue weighted by molar-refractivity contribution is -0.117. The fourth-order valence-corrected chi connectivity index (χ4v) is 3.84. The normalized spacial score (nSPS) is 14.9. The number of carbonyl (C=O) groups excluding carboxylic acids is 1. The van der Waals surface area contributed by atoms with Gasteiger partial charge in [-0.3, -0.25) is 4.79 Å². The summed E-state index contributed by atoms with van der Waals surface area (Å²) in [5.74, 6) is 0.613. The van der Waals surface area contributed by atoms with Crippen molar-refractivity contribution in [2.45, 2.75) is 25.7 Å². The second-order valence-corrected chi connectivity index (χ2v) is 7.39. The van der Waals surface area contributed by atoms with E-state index < -0.39 is 0 Å². The van der Waals surface area contributed by atoms with Gasteiger partial charge in [0.2, 0.25) is 5.91 Å². The highest BCUT2D eigenvalue weighted by atomic mass is 16.5. The summed E-state index contributed by atoms with van der Waals surface area (Å²) in [5, 5.41) is 5.36. The molecular formula is C24H26N2O2. The van der Waals surface area contributed by atoms with Crippen LogP contribution in [0.25, 0.3) is 10.8 Å². The van der Waals surface area contributed by atoms with E-state index in [0.29, 0.717) is 0 Å². The quantitative estimate of drug-likeness (QED) is 0.668. The van der Waals surface area contributed by atoms with Gasteiger partial charge in [0.1, 0.15) is 5.75 Å². The number of ether oxygens (including phenoxy) is 1. The molecule has 4 rings (SSSR count). The molecule has 3 aromatic carbocycles. The Morgan fingerprint density at radius 2 is 1.71 bits per heavy atom. The van der Waals surface area contributed by atoms with Crippen LogP contribution in [-0.2, 0) is 4.79 Å². The fourth-order valence-electron chi connectivity index (χ4n) is 3.84. The molecule has 0 aliphatic carbocycles. The SMILES string of the molecule is COc1ccc2cc([C@H](C)C(=O)Nc3ccccc3N3CCCC3)ccc2c1. The number of hydrogen-bond acceptors (Lipinski definition) is 3. The van der Waals surface area contributed by atoms with E-state index in [-0.39, 0.29) is 11.8 Å². The fraction of sp³-hybridized carbons (Fsp3) is 0.292. The topological polar surface area (TPSA) is 41.6 Å². The molecule has 4 heteroatoms. The molecule has 1 aliphatic rings. The maximum Gasteiger partial charge on any atom is 0.231 e. The van der Waals surface area contributed by atoms with Crippen molar-refractivity contribution in [2.75, 3.05) is 30.4 Å². The third kappa shape index (κ3) is 3.68. The van der Waals surface area contributed by atoms with E-state index in [0.717, 1.165) is 46.5 Å². The van der Waals surface area contributed by atoms with Crippen LogP contribution in [0.1, 0.15) is 31.2 Å². The number of carbonyl (C=O) groups is 1. The minimum Gasteiger partial charge on any atom is -0.497 e. The van der Waals surface area contributed by atoms with Gasteiger partial charge in [-0.05, 0) is 60.4 Å². The van der Waals surface area contributed by atoms with E-state index in [9.17, 15) is 4.79 Å². The molecule has 1 N–H and O–H groups in total. The standard InChI is InChI=1S/C24H26N2O2/c1-17(18-9-10-20-16-21(28-2)12-11-19(20)15-18)24(27)25-22-7-3-4-8-23(22)26-13-5-6-14-26/h3-4,7-12,15-17H,5-6,13-14H2,1-2H3,(H,25,27)/t17-/m0/s1. The molecule has 0 aromatic heterocycles. The molecule has 1 fully saturated rings. The first kappa shape index (κ1) is 18.4. The first-order valence-electron chi connectivity index (χ1n) is 9.88. The summed E-state index contributed by atoms with van der Waals surface area (Å²) in [6, 6.07) is 20.2. The van der Waals surface area contributed by atoms with Gasteiger partial charge >= 0.3 is 0 Å². The summed E-state index contributed by atoms with van der Waals surface area (Å²) in [6.07, 6.45) is 2.42. The third-order valence-electron chi connectivity index (χ3n) is 5.57. The van der Waals surface area contributed by atoms with Crippen molar-refractivity contribution in [1.82, 2.24) is 0 Å².